The van der Waals surface area contributed by atoms with Crippen molar-refractivity contribution in [2.75, 3.05) is 18.0 Å². The first-order chi connectivity index (χ1) is 13.3. The highest BCUT2D eigenvalue weighted by atomic mass is 16.3. The first kappa shape index (κ1) is 19.0. The van der Waals surface area contributed by atoms with Crippen molar-refractivity contribution in [2.45, 2.75) is 30.6 Å². The van der Waals surface area contributed by atoms with Crippen LogP contribution < -0.4 is 10.6 Å². The van der Waals surface area contributed by atoms with E-state index < -0.39 is 16.7 Å². The molecular weight excluding hydrogens is 350 g/mol. The van der Waals surface area contributed by atoms with Gasteiger partial charge in [0.25, 0.3) is 5.91 Å². The maximum Gasteiger partial charge on any atom is 0.259 e. The van der Waals surface area contributed by atoms with Crippen LogP contribution in [0.15, 0.2) is 11.6 Å². The van der Waals surface area contributed by atoms with Crippen molar-refractivity contribution in [3.05, 3.63) is 28.3 Å². The summed E-state index contributed by atoms with van der Waals surface area (Å²) in [7, 11) is 0. The van der Waals surface area contributed by atoms with Gasteiger partial charge in [0, 0.05) is 24.2 Å². The molecule has 3 rings (SSSR count). The van der Waals surface area contributed by atoms with E-state index in [1.807, 2.05) is 6.92 Å². The number of nitrogens with zero attached hydrogens (tertiary/aromatic N) is 2. The summed E-state index contributed by atoms with van der Waals surface area (Å²) in [6.45, 7) is 3.30. The number of nitrogens with two attached hydrogens (primary N) is 1. The molecule has 1 amide bonds. The van der Waals surface area contributed by atoms with E-state index in [2.05, 4.69) is 22.7 Å². The van der Waals surface area contributed by atoms with Crippen LogP contribution in [0.2, 0.25) is 0 Å². The zero-order chi connectivity index (χ0) is 20.7. The summed E-state index contributed by atoms with van der Waals surface area (Å²) in [6.07, 6.45) is 19.9. The summed E-state index contributed by atoms with van der Waals surface area (Å²) in [5, 5.41) is 20.3. The van der Waals surface area contributed by atoms with Gasteiger partial charge < -0.3 is 15.7 Å². The number of phenols is 1. The van der Waals surface area contributed by atoms with Gasteiger partial charge >= 0.3 is 0 Å². The Morgan fingerprint density at radius 1 is 1.29 bits per heavy atom. The number of hydrogen-bond acceptors (Lipinski definition) is 4. The molecule has 138 valence electrons. The molecule has 5 heteroatoms. The van der Waals surface area contributed by atoms with E-state index in [0.29, 0.717) is 31.5 Å². The number of carbonyl (C=O) groups is 1. The van der Waals surface area contributed by atoms with E-state index in [4.69, 9.17) is 25.0 Å². The Bertz CT molecular complexity index is 1070. The molecule has 3 N–H and O–H groups in total. The fourth-order valence-electron chi connectivity index (χ4n) is 4.00. The molecule has 0 fully saturated rings. The first-order valence-electron chi connectivity index (χ1n) is 8.77. The number of aromatic hydroxyl groups is 1. The first-order valence-corrected chi connectivity index (χ1v) is 8.77. The van der Waals surface area contributed by atoms with Gasteiger partial charge in [-0.2, -0.15) is 5.26 Å². The number of amides is 1. The molecule has 1 aromatic carbocycles. The Balaban J connectivity index is 2.47. The highest BCUT2D eigenvalue weighted by Crippen LogP contribution is 2.53. The normalized spacial score (nSPS) is 22.0. The molecule has 1 unspecified atom stereocenters. The fourth-order valence-corrected chi connectivity index (χ4v) is 4.00. The van der Waals surface area contributed by atoms with Crippen LogP contribution in [0.5, 0.6) is 5.75 Å². The van der Waals surface area contributed by atoms with Gasteiger partial charge in [-0.1, -0.05) is 17.8 Å². The number of phenolic OH excluding ortho intramolecular Hbond substituents is 1. The Morgan fingerprint density at radius 3 is 2.46 bits per heavy atom. The highest BCUT2D eigenvalue weighted by molar-refractivity contribution is 6.01. The fraction of sp³-hybridized carbons (Fsp3) is 0.304. The van der Waals surface area contributed by atoms with Crippen molar-refractivity contribution >= 4 is 17.7 Å². The van der Waals surface area contributed by atoms with Crippen molar-refractivity contribution in [1.29, 1.82) is 5.26 Å². The molecule has 0 saturated heterocycles. The van der Waals surface area contributed by atoms with Gasteiger partial charge in [-0.25, -0.2) is 0 Å². The van der Waals surface area contributed by atoms with Gasteiger partial charge in [0.15, 0.2) is 0 Å². The quantitative estimate of drug-likeness (QED) is 0.472. The zero-order valence-corrected chi connectivity index (χ0v) is 15.5. The molecule has 0 aliphatic carbocycles. The maximum absolute atomic E-state index is 11.5. The standard InChI is InChI=1S/C23H19N3O2/c1-5-22(4)8-10-26-11-9-23(6-2,7-3)18-19(26)17(22)13-15(20(18)27)12-16(14-24)21(25)28/h1-3,12-13,27H,8-11H2,4H3,(H2,25,28)/b16-12+. The van der Waals surface area contributed by atoms with Gasteiger partial charge in [0.05, 0.1) is 11.1 Å². The van der Waals surface area contributed by atoms with E-state index in [0.717, 1.165) is 11.3 Å². The van der Waals surface area contributed by atoms with Crippen LogP contribution in [0.4, 0.5) is 5.69 Å². The number of anilines is 1. The third kappa shape index (κ3) is 2.50. The van der Waals surface area contributed by atoms with Gasteiger partial charge in [-0.3, -0.25) is 4.79 Å². The highest BCUT2D eigenvalue weighted by Gasteiger charge is 2.46. The minimum absolute atomic E-state index is 0.158. The topological polar surface area (TPSA) is 90.3 Å². The minimum Gasteiger partial charge on any atom is -0.507 e. The molecule has 0 radical (unpaired) electrons. The number of hydrogen-bond donors (Lipinski definition) is 2. The number of rotatable bonds is 2. The predicted molar refractivity (Wildman–Crippen MR) is 108 cm³/mol. The van der Waals surface area contributed by atoms with Crippen LogP contribution in [0, 0.1) is 48.4 Å². The molecule has 2 aliphatic heterocycles. The summed E-state index contributed by atoms with van der Waals surface area (Å²) in [4.78, 5) is 13.6. The van der Waals surface area contributed by atoms with Crippen molar-refractivity contribution in [3.8, 4) is 48.9 Å². The number of benzene rings is 1. The van der Waals surface area contributed by atoms with Crippen molar-refractivity contribution in [1.82, 2.24) is 0 Å². The third-order valence-electron chi connectivity index (χ3n) is 5.78. The summed E-state index contributed by atoms with van der Waals surface area (Å²) in [5.74, 6) is 7.13. The zero-order valence-electron chi connectivity index (χ0n) is 15.5. The predicted octanol–water partition coefficient (Wildman–Crippen LogP) is 1.79. The van der Waals surface area contributed by atoms with Crippen LogP contribution in [0.1, 0.15) is 36.5 Å². The molecule has 0 saturated carbocycles. The lowest BCUT2D eigenvalue weighted by molar-refractivity contribution is -0.114. The lowest BCUT2D eigenvalue weighted by Crippen LogP contribution is -2.46. The number of terminal acetylenes is 3. The van der Waals surface area contributed by atoms with E-state index in [9.17, 15) is 15.2 Å². The largest absolute Gasteiger partial charge is 0.507 e. The van der Waals surface area contributed by atoms with Crippen molar-refractivity contribution in [3.63, 3.8) is 0 Å². The van der Waals surface area contributed by atoms with E-state index in [1.54, 1.807) is 12.1 Å². The average Bonchev–Trinajstić information content (AvgIpc) is 2.70. The van der Waals surface area contributed by atoms with E-state index in [1.165, 1.54) is 6.08 Å². The third-order valence-corrected chi connectivity index (χ3v) is 5.78. The Morgan fingerprint density at radius 2 is 1.93 bits per heavy atom. The SMILES string of the molecule is C#CC1(C)CCN2CCC(C#C)(C#C)c3c(O)c(/C=C(\C#N)C(N)=O)cc1c32. The second-order valence-electron chi connectivity index (χ2n) is 7.28. The summed E-state index contributed by atoms with van der Waals surface area (Å²) >= 11 is 0. The smallest absolute Gasteiger partial charge is 0.259 e. The molecule has 1 aromatic rings. The van der Waals surface area contributed by atoms with Crippen LogP contribution in [-0.4, -0.2) is 24.1 Å². The number of carbonyl (C=O) groups excluding carboxylic acids is 1. The molecule has 28 heavy (non-hydrogen) atoms. The molecular formula is C23H19N3O2. The molecule has 1 atom stereocenters. The Hall–Kier alpha value is -3.80. The van der Waals surface area contributed by atoms with Crippen molar-refractivity contribution in [2.24, 2.45) is 5.73 Å². The average molecular weight is 369 g/mol. The Kier molecular flexibility index (Phi) is 4.35. The van der Waals surface area contributed by atoms with Gasteiger partial charge in [0.1, 0.15) is 22.8 Å². The van der Waals surface area contributed by atoms with Crippen LogP contribution >= 0.6 is 0 Å². The van der Waals surface area contributed by atoms with Gasteiger partial charge in [-0.05, 0) is 37.5 Å². The number of primary amides is 1. The second-order valence-corrected chi connectivity index (χ2v) is 7.28. The summed E-state index contributed by atoms with van der Waals surface area (Å²) < 4.78 is 0. The second kappa shape index (κ2) is 6.42. The molecule has 0 aromatic heterocycles. The van der Waals surface area contributed by atoms with E-state index in [-0.39, 0.29) is 16.9 Å². The molecule has 0 spiro atoms. The van der Waals surface area contributed by atoms with Crippen LogP contribution in [0.25, 0.3) is 6.08 Å². The van der Waals surface area contributed by atoms with Crippen molar-refractivity contribution < 1.29 is 9.90 Å². The monoisotopic (exact) mass is 369 g/mol. The van der Waals surface area contributed by atoms with Crippen LogP contribution in [0.3, 0.4) is 0 Å². The van der Waals surface area contributed by atoms with Crippen LogP contribution in [-0.2, 0) is 15.6 Å². The summed E-state index contributed by atoms with van der Waals surface area (Å²) in [6, 6.07) is 3.44. The molecule has 0 bridgehead atoms. The van der Waals surface area contributed by atoms with E-state index >= 15 is 0 Å². The lowest BCUT2D eigenvalue weighted by Gasteiger charge is -2.47. The Labute approximate surface area is 164 Å². The lowest BCUT2D eigenvalue weighted by atomic mass is 9.67. The maximum atomic E-state index is 11.5. The van der Waals surface area contributed by atoms with Gasteiger partial charge in [-0.15, -0.1) is 19.3 Å². The van der Waals surface area contributed by atoms with Gasteiger partial charge in [0.2, 0.25) is 0 Å². The number of nitriles is 1. The molecule has 2 aliphatic rings. The summed E-state index contributed by atoms with van der Waals surface area (Å²) in [5.41, 5.74) is 5.45. The molecule has 2 heterocycles. The minimum atomic E-state index is -1.11. The molecule has 5 nitrogen and oxygen atoms in total.